The summed E-state index contributed by atoms with van der Waals surface area (Å²) in [5, 5.41) is 0. The summed E-state index contributed by atoms with van der Waals surface area (Å²) in [4.78, 5) is 0. The summed E-state index contributed by atoms with van der Waals surface area (Å²) < 4.78 is 3.34. The minimum Gasteiger partial charge on any atom is -0.184 e. The molecule has 3 aromatic carbocycles. The molecule has 3 aromatic rings. The molecule has 1 atom stereocenters. The van der Waals surface area contributed by atoms with Gasteiger partial charge in [0.05, 0.1) is 0 Å². The number of benzene rings is 3. The molecule has 0 heterocycles. The topological polar surface area (TPSA) is 0 Å². The quantitative estimate of drug-likeness (QED) is 0.172. The second kappa shape index (κ2) is 20.7. The minimum absolute atomic E-state index is 0. The third-order valence-electron chi connectivity index (χ3n) is 7.44. The Kier molecular flexibility index (Phi) is 20.9. The van der Waals surface area contributed by atoms with Crippen LogP contribution in [0, 0.1) is 36.5 Å². The Hall–Kier alpha value is -1.53. The zero-order valence-electron chi connectivity index (χ0n) is 30.1. The van der Waals surface area contributed by atoms with Gasteiger partial charge in [0.15, 0.2) is 0 Å². The average Bonchev–Trinajstić information content (AvgIpc) is 3.55. The number of hydrogen-bond donors (Lipinski definition) is 0. The third-order valence-corrected chi connectivity index (χ3v) is 7.44. The molecule has 0 radical (unpaired) electrons. The number of hydrogen-bond acceptors (Lipinski definition) is 0. The molecular weight excluding hydrogens is 667 g/mol. The summed E-state index contributed by atoms with van der Waals surface area (Å²) in [6.45, 7) is 29.9. The first-order chi connectivity index (χ1) is 20.1. The van der Waals surface area contributed by atoms with E-state index in [1.165, 1.54) is 68.8 Å². The monoisotopic (exact) mass is 722 g/mol. The molecule has 0 bridgehead atoms. The average molecular weight is 725 g/mol. The molecule has 2 aliphatic rings. The summed E-state index contributed by atoms with van der Waals surface area (Å²) in [7, 11) is 0. The van der Waals surface area contributed by atoms with Crippen LogP contribution in [0.5, 0.6) is 0 Å². The maximum atomic E-state index is 3.53. The van der Waals surface area contributed by atoms with Gasteiger partial charge in [-0.25, -0.2) is 5.57 Å². The molecule has 0 fully saturated rings. The smallest absolute Gasteiger partial charge is 0.171 e. The van der Waals surface area contributed by atoms with Crippen molar-refractivity contribution in [1.29, 1.82) is 0 Å². The molecule has 0 aliphatic heterocycles. The molecule has 45 heavy (non-hydrogen) atoms. The molecule has 2 aliphatic carbocycles. The van der Waals surface area contributed by atoms with E-state index in [0.717, 1.165) is 12.8 Å². The summed E-state index contributed by atoms with van der Waals surface area (Å²) in [5.41, 5.74) is 12.0. The largest absolute Gasteiger partial charge is 0.184 e. The SMILES string of the molecule is CC(C)(C)c1c[c-]c2c(c1)-c1cc(C(C)(C)C)ccc1C2.CCC1=[C-]C(C)C=C1C(C)(C)C.Cl.Cl.[CH2-]C.[CH2]=[Zr].[c-]1ccccc1. The Morgan fingerprint density at radius 1 is 0.800 bits per heavy atom. The first-order valence-corrected chi connectivity index (χ1v) is 17.4. The second-order valence-electron chi connectivity index (χ2n) is 14.0. The van der Waals surface area contributed by atoms with E-state index in [-0.39, 0.29) is 35.6 Å². The van der Waals surface area contributed by atoms with Crippen molar-refractivity contribution in [2.45, 2.75) is 107 Å². The van der Waals surface area contributed by atoms with Crippen LogP contribution in [0.1, 0.15) is 112 Å². The standard InChI is InChI=1S/C21H25.C12H19.C6H5.C2H5.CH2.2ClH.Zr/c1-20(2,3)16-9-7-14-11-15-8-10-17(21(4,5)6)13-19(15)18(14)12-16;1-6-10-7-9(2)8-11(10)12(3,4)5;1-2-4-6-5-3-1;1-2;;;;/h7,9-10,12-13H,11H2,1-6H3;8-9H,6H2,1-5H3;1-5H;1H2,2H3;1H2;2*1H;/q4*-1;;;;. The van der Waals surface area contributed by atoms with Crippen molar-refractivity contribution in [3.63, 3.8) is 0 Å². The first kappa shape index (κ1) is 45.6. The summed E-state index contributed by atoms with van der Waals surface area (Å²) in [6, 6.07) is 27.6. The van der Waals surface area contributed by atoms with Gasteiger partial charge in [-0.3, -0.25) is 6.08 Å². The van der Waals surface area contributed by atoms with Crippen LogP contribution in [0.2, 0.25) is 0 Å². The number of allylic oxidation sites excluding steroid dienone is 4. The molecule has 0 saturated carbocycles. The first-order valence-electron chi connectivity index (χ1n) is 15.6. The molecule has 1 unspecified atom stereocenters. The van der Waals surface area contributed by atoms with E-state index in [4.69, 9.17) is 0 Å². The summed E-state index contributed by atoms with van der Waals surface area (Å²) in [5.74, 6) is 0.522. The molecule has 5 rings (SSSR count). The van der Waals surface area contributed by atoms with Crippen molar-refractivity contribution in [2.75, 3.05) is 0 Å². The third kappa shape index (κ3) is 14.0. The van der Waals surface area contributed by atoms with Gasteiger partial charge in [0.25, 0.3) is 0 Å². The number of fused-ring (bicyclic) bond motifs is 3. The maximum absolute atomic E-state index is 3.53. The van der Waals surface area contributed by atoms with Crippen LogP contribution in [0.3, 0.4) is 0 Å². The van der Waals surface area contributed by atoms with Crippen LogP contribution in [-0.4, -0.2) is 4.21 Å². The van der Waals surface area contributed by atoms with Gasteiger partial charge >= 0.3 is 28.4 Å². The minimum atomic E-state index is 0. The Morgan fingerprint density at radius 3 is 1.73 bits per heavy atom. The fourth-order valence-corrected chi connectivity index (χ4v) is 5.07. The van der Waals surface area contributed by atoms with Crippen LogP contribution < -0.4 is 0 Å². The maximum Gasteiger partial charge on any atom is -0.171 e. The molecule has 0 spiro atoms. The Balaban J connectivity index is 0. The summed E-state index contributed by atoms with van der Waals surface area (Å²) in [6.07, 6.45) is 7.98. The fraction of sp³-hybridized carbons (Fsp3) is 0.429. The summed E-state index contributed by atoms with van der Waals surface area (Å²) >= 11 is 1.30. The van der Waals surface area contributed by atoms with Crippen molar-refractivity contribution < 1.29 is 24.2 Å². The predicted octanol–water partition coefficient (Wildman–Crippen LogP) is 12.5. The molecule has 0 amide bonds. The van der Waals surface area contributed by atoms with E-state index in [9.17, 15) is 0 Å². The van der Waals surface area contributed by atoms with Gasteiger partial charge in [0.2, 0.25) is 0 Å². The Labute approximate surface area is 305 Å². The van der Waals surface area contributed by atoms with Gasteiger partial charge < -0.3 is 6.92 Å². The van der Waals surface area contributed by atoms with Crippen LogP contribution in [-0.2, 0) is 41.5 Å². The van der Waals surface area contributed by atoms with Crippen molar-refractivity contribution in [3.8, 4) is 11.1 Å². The van der Waals surface area contributed by atoms with Crippen LogP contribution in [0.4, 0.5) is 0 Å². The van der Waals surface area contributed by atoms with Crippen molar-refractivity contribution >= 4 is 29.0 Å². The normalized spacial score (nSPS) is 14.2. The van der Waals surface area contributed by atoms with Gasteiger partial charge in [-0.15, -0.1) is 30.4 Å². The van der Waals surface area contributed by atoms with E-state index in [2.05, 4.69) is 142 Å². The molecule has 3 heteroatoms. The molecule has 0 nitrogen and oxygen atoms in total. The fourth-order valence-electron chi connectivity index (χ4n) is 5.07. The predicted molar refractivity (Wildman–Crippen MR) is 203 cm³/mol. The number of rotatable bonds is 1. The zero-order chi connectivity index (χ0) is 33.0. The molecule has 0 saturated heterocycles. The van der Waals surface area contributed by atoms with E-state index >= 15 is 0 Å². The molecular formula is C42H58Cl2Zr-4. The van der Waals surface area contributed by atoms with E-state index in [1.54, 1.807) is 6.92 Å². The van der Waals surface area contributed by atoms with E-state index in [1.807, 2.05) is 30.3 Å². The van der Waals surface area contributed by atoms with Crippen molar-refractivity contribution in [1.82, 2.24) is 0 Å². The van der Waals surface area contributed by atoms with Gasteiger partial charge in [-0.05, 0) is 17.4 Å². The van der Waals surface area contributed by atoms with Gasteiger partial charge in [0, 0.05) is 0 Å². The Bertz CT molecular complexity index is 1240. The van der Waals surface area contributed by atoms with Gasteiger partial charge in [-0.2, -0.15) is 84.3 Å². The van der Waals surface area contributed by atoms with Gasteiger partial charge in [-0.1, -0.05) is 129 Å². The molecule has 0 N–H and O–H groups in total. The van der Waals surface area contributed by atoms with Crippen molar-refractivity contribution in [2.24, 2.45) is 11.3 Å². The molecule has 248 valence electrons. The van der Waals surface area contributed by atoms with Crippen LogP contribution in [0.15, 0.2) is 77.9 Å². The van der Waals surface area contributed by atoms with Crippen molar-refractivity contribution in [3.05, 3.63) is 125 Å². The van der Waals surface area contributed by atoms with E-state index in [0.29, 0.717) is 11.3 Å². The zero-order valence-corrected chi connectivity index (χ0v) is 34.2. The van der Waals surface area contributed by atoms with Gasteiger partial charge in [0.1, 0.15) is 0 Å². The molecule has 0 aromatic heterocycles. The van der Waals surface area contributed by atoms with E-state index < -0.39 is 0 Å². The second-order valence-corrected chi connectivity index (χ2v) is 14.0. The van der Waals surface area contributed by atoms with Crippen LogP contribution in [0.25, 0.3) is 11.1 Å². The Morgan fingerprint density at radius 2 is 1.33 bits per heavy atom. The number of halogens is 2. The van der Waals surface area contributed by atoms with Crippen LogP contribution >= 0.6 is 24.8 Å².